The molecule has 2 fully saturated rings. The van der Waals surface area contributed by atoms with Crippen molar-refractivity contribution in [3.63, 3.8) is 0 Å². The van der Waals surface area contributed by atoms with Gasteiger partial charge in [0.25, 0.3) is 0 Å². The van der Waals surface area contributed by atoms with Crippen molar-refractivity contribution in [3.05, 3.63) is 36.0 Å². The van der Waals surface area contributed by atoms with Crippen LogP contribution in [-0.4, -0.2) is 28.4 Å². The molecule has 136 valence electrons. The highest BCUT2D eigenvalue weighted by molar-refractivity contribution is 5.85. The van der Waals surface area contributed by atoms with E-state index in [0.29, 0.717) is 5.91 Å². The van der Waals surface area contributed by atoms with Crippen LogP contribution in [0.4, 0.5) is 0 Å². The number of benzene rings is 1. The van der Waals surface area contributed by atoms with Crippen LogP contribution in [0.2, 0.25) is 0 Å². The van der Waals surface area contributed by atoms with Gasteiger partial charge in [-0.2, -0.15) is 0 Å². The highest BCUT2D eigenvalue weighted by atomic mass is 35.5. The number of nitrogens with zero attached hydrogens (tertiary/aromatic N) is 1. The van der Waals surface area contributed by atoms with Gasteiger partial charge in [-0.1, -0.05) is 24.6 Å². The molecule has 3 atom stereocenters. The summed E-state index contributed by atoms with van der Waals surface area (Å²) in [5.74, 6) is 0.451. The number of para-hydroxylation sites is 1. The fraction of sp³-hybridized carbons (Fsp3) is 0.550. The summed E-state index contributed by atoms with van der Waals surface area (Å²) in [6.07, 6.45) is 7.36. The Labute approximate surface area is 155 Å². The van der Waals surface area contributed by atoms with Crippen molar-refractivity contribution in [2.24, 2.45) is 11.7 Å². The number of likely N-dealkylation sites (tertiary alicyclic amines) is 1. The zero-order valence-corrected chi connectivity index (χ0v) is 15.4. The summed E-state index contributed by atoms with van der Waals surface area (Å²) >= 11 is 0. The number of H-pyrrole nitrogens is 1. The molecule has 4 nitrogen and oxygen atoms in total. The van der Waals surface area contributed by atoms with Crippen molar-refractivity contribution >= 4 is 29.2 Å². The van der Waals surface area contributed by atoms with Gasteiger partial charge in [0.2, 0.25) is 5.91 Å². The van der Waals surface area contributed by atoms with Crippen molar-refractivity contribution < 1.29 is 4.79 Å². The second-order valence-corrected chi connectivity index (χ2v) is 7.48. The zero-order valence-electron chi connectivity index (χ0n) is 14.6. The van der Waals surface area contributed by atoms with E-state index in [0.717, 1.165) is 50.6 Å². The number of piperidine rings is 1. The van der Waals surface area contributed by atoms with Crippen LogP contribution >= 0.6 is 12.4 Å². The molecular weight excluding hydrogens is 334 g/mol. The number of fused-ring (bicyclic) bond motifs is 1. The van der Waals surface area contributed by atoms with Gasteiger partial charge in [0.15, 0.2) is 0 Å². The van der Waals surface area contributed by atoms with Gasteiger partial charge in [-0.25, -0.2) is 0 Å². The van der Waals surface area contributed by atoms with Gasteiger partial charge < -0.3 is 15.6 Å². The molecule has 2 heterocycles. The van der Waals surface area contributed by atoms with E-state index in [9.17, 15) is 4.79 Å². The molecule has 1 saturated carbocycles. The number of carbonyl (C=O) groups excluding carboxylic acids is 1. The molecule has 1 aromatic heterocycles. The van der Waals surface area contributed by atoms with Crippen LogP contribution in [0, 0.1) is 5.92 Å². The van der Waals surface area contributed by atoms with E-state index in [4.69, 9.17) is 5.73 Å². The van der Waals surface area contributed by atoms with Gasteiger partial charge in [0, 0.05) is 29.7 Å². The predicted octanol–water partition coefficient (Wildman–Crippen LogP) is 4.16. The quantitative estimate of drug-likeness (QED) is 0.843. The SMILES string of the molecule is Cl.NC1CCCC(C(=O)N2CCCCC2c2cc3ccccc3[nH]2)C1. The first kappa shape index (κ1) is 18.3. The molecule has 1 aromatic carbocycles. The minimum atomic E-state index is 0. The summed E-state index contributed by atoms with van der Waals surface area (Å²) in [4.78, 5) is 18.8. The third-order valence-electron chi connectivity index (χ3n) is 5.76. The monoisotopic (exact) mass is 361 g/mol. The molecule has 25 heavy (non-hydrogen) atoms. The third-order valence-corrected chi connectivity index (χ3v) is 5.76. The fourth-order valence-electron chi connectivity index (χ4n) is 4.48. The van der Waals surface area contributed by atoms with E-state index in [1.807, 2.05) is 0 Å². The highest BCUT2D eigenvalue weighted by Crippen LogP contribution is 2.35. The van der Waals surface area contributed by atoms with E-state index < -0.39 is 0 Å². The third kappa shape index (κ3) is 3.70. The number of hydrogen-bond acceptors (Lipinski definition) is 2. The first-order valence-electron chi connectivity index (χ1n) is 9.36. The van der Waals surface area contributed by atoms with Crippen LogP contribution in [-0.2, 0) is 4.79 Å². The van der Waals surface area contributed by atoms with Crippen molar-refractivity contribution in [3.8, 4) is 0 Å². The zero-order chi connectivity index (χ0) is 16.5. The van der Waals surface area contributed by atoms with Crippen LogP contribution in [0.1, 0.15) is 56.7 Å². The molecule has 2 aromatic rings. The first-order chi connectivity index (χ1) is 11.7. The number of nitrogens with two attached hydrogens (primary N) is 1. The van der Waals surface area contributed by atoms with Crippen LogP contribution < -0.4 is 5.73 Å². The standard InChI is InChI=1S/C20H27N3O.ClH/c21-16-8-5-7-15(12-16)20(24)23-11-4-3-10-19(23)18-13-14-6-1-2-9-17(14)22-18;/h1-2,6,9,13,15-16,19,22H,3-5,7-8,10-12,21H2;1H. The number of aromatic amines is 1. The van der Waals surface area contributed by atoms with Crippen LogP contribution in [0.5, 0.6) is 0 Å². The Morgan fingerprint density at radius 3 is 2.76 bits per heavy atom. The lowest BCUT2D eigenvalue weighted by Gasteiger charge is -2.39. The summed E-state index contributed by atoms with van der Waals surface area (Å²) in [7, 11) is 0. The maximum Gasteiger partial charge on any atom is 0.226 e. The Kier molecular flexibility index (Phi) is 5.70. The van der Waals surface area contributed by atoms with E-state index in [1.165, 1.54) is 17.5 Å². The average Bonchev–Trinajstić information content (AvgIpc) is 3.05. The largest absolute Gasteiger partial charge is 0.357 e. The Morgan fingerprint density at radius 1 is 1.12 bits per heavy atom. The minimum absolute atomic E-state index is 0. The first-order valence-corrected chi connectivity index (χ1v) is 9.36. The van der Waals surface area contributed by atoms with Gasteiger partial charge in [-0.15, -0.1) is 12.4 Å². The topological polar surface area (TPSA) is 62.1 Å². The molecule has 0 radical (unpaired) electrons. The van der Waals surface area contributed by atoms with Crippen LogP contribution in [0.25, 0.3) is 10.9 Å². The van der Waals surface area contributed by atoms with Gasteiger partial charge in [0.05, 0.1) is 6.04 Å². The van der Waals surface area contributed by atoms with Gasteiger partial charge >= 0.3 is 0 Å². The number of hydrogen-bond donors (Lipinski definition) is 2. The number of rotatable bonds is 2. The van der Waals surface area contributed by atoms with Gasteiger partial charge in [0.1, 0.15) is 0 Å². The lowest BCUT2D eigenvalue weighted by molar-refractivity contribution is -0.140. The number of amides is 1. The molecule has 3 unspecified atom stereocenters. The molecule has 5 heteroatoms. The number of aromatic nitrogens is 1. The van der Waals surface area contributed by atoms with Crippen LogP contribution in [0.15, 0.2) is 30.3 Å². The summed E-state index contributed by atoms with van der Waals surface area (Å²) in [6.45, 7) is 0.880. The molecule has 2 aliphatic rings. The minimum Gasteiger partial charge on any atom is -0.357 e. The molecule has 1 saturated heterocycles. The summed E-state index contributed by atoms with van der Waals surface area (Å²) in [5.41, 5.74) is 8.45. The molecule has 1 amide bonds. The van der Waals surface area contributed by atoms with Crippen molar-refractivity contribution in [2.45, 2.75) is 57.0 Å². The molecule has 1 aliphatic carbocycles. The maximum absolute atomic E-state index is 13.2. The molecule has 0 spiro atoms. The van der Waals surface area contributed by atoms with E-state index in [2.05, 4.69) is 40.2 Å². The smallest absolute Gasteiger partial charge is 0.226 e. The number of carbonyl (C=O) groups is 1. The van der Waals surface area contributed by atoms with Crippen molar-refractivity contribution in [1.82, 2.24) is 9.88 Å². The Hall–Kier alpha value is -1.52. The molecule has 0 bridgehead atoms. The lowest BCUT2D eigenvalue weighted by atomic mass is 9.84. The summed E-state index contributed by atoms with van der Waals surface area (Å²) in [5, 5.41) is 1.23. The number of nitrogens with one attached hydrogen (secondary N) is 1. The van der Waals surface area contributed by atoms with Crippen LogP contribution in [0.3, 0.4) is 0 Å². The lowest BCUT2D eigenvalue weighted by Crippen LogP contribution is -2.44. The van der Waals surface area contributed by atoms with E-state index in [-0.39, 0.29) is 30.4 Å². The normalized spacial score (nSPS) is 27.1. The predicted molar refractivity (Wildman–Crippen MR) is 104 cm³/mol. The maximum atomic E-state index is 13.2. The fourth-order valence-corrected chi connectivity index (χ4v) is 4.48. The highest BCUT2D eigenvalue weighted by Gasteiger charge is 2.34. The molecule has 4 rings (SSSR count). The van der Waals surface area contributed by atoms with Gasteiger partial charge in [-0.3, -0.25) is 4.79 Å². The molecule has 3 N–H and O–H groups in total. The Bertz CT molecular complexity index is 696. The summed E-state index contributed by atoms with van der Waals surface area (Å²) < 4.78 is 0. The van der Waals surface area contributed by atoms with E-state index >= 15 is 0 Å². The number of halogens is 1. The van der Waals surface area contributed by atoms with Crippen molar-refractivity contribution in [1.29, 1.82) is 0 Å². The van der Waals surface area contributed by atoms with Crippen molar-refractivity contribution in [2.75, 3.05) is 6.54 Å². The second kappa shape index (κ2) is 7.79. The second-order valence-electron chi connectivity index (χ2n) is 7.48. The van der Waals surface area contributed by atoms with E-state index in [1.54, 1.807) is 0 Å². The summed E-state index contributed by atoms with van der Waals surface area (Å²) in [6, 6.07) is 11.0. The molecule has 1 aliphatic heterocycles. The average molecular weight is 362 g/mol. The Balaban J connectivity index is 0.00000182. The Morgan fingerprint density at radius 2 is 1.96 bits per heavy atom. The van der Waals surface area contributed by atoms with Gasteiger partial charge in [-0.05, 0) is 56.0 Å². The molecular formula is C20H28ClN3O.